The summed E-state index contributed by atoms with van der Waals surface area (Å²) in [5.41, 5.74) is 13.4. The molecule has 1 nitrogen and oxygen atoms in total. The molecule has 0 saturated carbocycles. The lowest BCUT2D eigenvalue weighted by molar-refractivity contribution is 1.18. The minimum atomic E-state index is 1.16. The Morgan fingerprint density at radius 1 is 0.236 bits per heavy atom. The first-order valence-electron chi connectivity index (χ1n) is 19.0. The van der Waals surface area contributed by atoms with E-state index in [0.29, 0.717) is 0 Å². The molecule has 0 radical (unpaired) electrons. The van der Waals surface area contributed by atoms with Gasteiger partial charge in [0.25, 0.3) is 0 Å². The van der Waals surface area contributed by atoms with Crippen molar-refractivity contribution in [2.24, 2.45) is 0 Å². The van der Waals surface area contributed by atoms with Gasteiger partial charge < -0.3 is 4.57 Å². The van der Waals surface area contributed by atoms with Crippen LogP contribution in [0, 0.1) is 0 Å². The Kier molecular flexibility index (Phi) is 7.25. The van der Waals surface area contributed by atoms with E-state index in [2.05, 4.69) is 217 Å². The quantitative estimate of drug-likeness (QED) is 0.158. The van der Waals surface area contributed by atoms with E-state index in [9.17, 15) is 0 Å². The normalized spacial score (nSPS) is 11.6. The summed E-state index contributed by atoms with van der Waals surface area (Å²) in [6.07, 6.45) is 0. The van der Waals surface area contributed by atoms with Gasteiger partial charge in [-0.25, -0.2) is 0 Å². The van der Waals surface area contributed by atoms with Crippen molar-refractivity contribution in [1.82, 2.24) is 4.57 Å². The van der Waals surface area contributed by atoms with Gasteiger partial charge in [-0.2, -0.15) is 0 Å². The monoisotopic (exact) mass is 697 g/mol. The number of nitrogens with zero attached hydrogens (tertiary/aromatic N) is 1. The number of aromatic nitrogens is 1. The van der Waals surface area contributed by atoms with Gasteiger partial charge in [0.15, 0.2) is 0 Å². The summed E-state index contributed by atoms with van der Waals surface area (Å²) < 4.78 is 2.40. The molecule has 256 valence electrons. The molecule has 0 atom stereocenters. The zero-order chi connectivity index (χ0) is 36.3. The maximum absolute atomic E-state index is 2.40. The van der Waals surface area contributed by atoms with Crippen molar-refractivity contribution in [3.8, 4) is 50.2 Å². The summed E-state index contributed by atoms with van der Waals surface area (Å²) in [5, 5.41) is 10.1. The molecule has 0 aliphatic rings. The van der Waals surface area contributed by atoms with Gasteiger partial charge in [0.2, 0.25) is 0 Å². The fourth-order valence-electron chi connectivity index (χ4n) is 8.82. The van der Waals surface area contributed by atoms with Gasteiger partial charge in [0, 0.05) is 16.5 Å². The maximum Gasteiger partial charge on any atom is 0.0541 e. The fraction of sp³-hybridized carbons (Fsp3) is 0. The van der Waals surface area contributed by atoms with Crippen LogP contribution in [0.3, 0.4) is 0 Å². The van der Waals surface area contributed by atoms with Crippen LogP contribution in [0.25, 0.3) is 104 Å². The Balaban J connectivity index is 1.11. The largest absolute Gasteiger partial charge is 0.309 e. The molecule has 0 unspecified atom stereocenters. The van der Waals surface area contributed by atoms with E-state index in [1.54, 1.807) is 0 Å². The van der Waals surface area contributed by atoms with Crippen LogP contribution in [-0.4, -0.2) is 4.57 Å². The van der Waals surface area contributed by atoms with Gasteiger partial charge in [-0.15, -0.1) is 0 Å². The highest BCUT2D eigenvalue weighted by Gasteiger charge is 2.18. The molecule has 1 heteroatoms. The van der Waals surface area contributed by atoms with Crippen molar-refractivity contribution in [3.05, 3.63) is 212 Å². The molecule has 0 saturated heterocycles. The van der Waals surface area contributed by atoms with E-state index >= 15 is 0 Å². The average Bonchev–Trinajstić information content (AvgIpc) is 3.59. The fourth-order valence-corrected chi connectivity index (χ4v) is 8.82. The van der Waals surface area contributed by atoms with E-state index in [1.165, 1.54) is 98.6 Å². The van der Waals surface area contributed by atoms with Gasteiger partial charge >= 0.3 is 0 Å². The molecular formula is C54H35N. The molecule has 0 aliphatic carbocycles. The predicted molar refractivity (Wildman–Crippen MR) is 235 cm³/mol. The lowest BCUT2D eigenvalue weighted by Crippen LogP contribution is -1.93. The molecule has 11 aromatic rings. The smallest absolute Gasteiger partial charge is 0.0541 e. The standard InChI is InChI=1S/C54H35N/c1-3-14-36(15-4-1)40-28-30-51-49(34-40)50-35-41(29-31-52(50)55(51)44-20-5-2-6-21-44)39-18-13-19-42(33-39)53-45-22-9-11-24-47(45)54(48-25-12-10-23-46(48)53)43-27-26-37-16-7-8-17-38(37)32-43/h1-35H. The van der Waals surface area contributed by atoms with Crippen LogP contribution in [0.1, 0.15) is 0 Å². The first-order chi connectivity index (χ1) is 27.3. The minimum absolute atomic E-state index is 1.16. The molecule has 0 N–H and O–H groups in total. The SMILES string of the molecule is c1ccc(-c2ccc3c(c2)c2cc(-c4cccc(-c5c6ccccc6c(-c6ccc7ccccc7c6)c6ccccc56)c4)ccc2n3-c2ccccc2)cc1. The Hall–Kier alpha value is -7.22. The van der Waals surface area contributed by atoms with Crippen LogP contribution in [0.15, 0.2) is 212 Å². The second-order valence-electron chi connectivity index (χ2n) is 14.5. The summed E-state index contributed by atoms with van der Waals surface area (Å²) in [5.74, 6) is 0. The molecule has 11 rings (SSSR count). The van der Waals surface area contributed by atoms with E-state index < -0.39 is 0 Å². The van der Waals surface area contributed by atoms with Crippen molar-refractivity contribution in [3.63, 3.8) is 0 Å². The van der Waals surface area contributed by atoms with Crippen molar-refractivity contribution in [2.45, 2.75) is 0 Å². The molecular weight excluding hydrogens is 663 g/mol. The van der Waals surface area contributed by atoms with Crippen LogP contribution in [0.2, 0.25) is 0 Å². The van der Waals surface area contributed by atoms with Crippen LogP contribution < -0.4 is 0 Å². The average molecular weight is 698 g/mol. The van der Waals surface area contributed by atoms with Crippen molar-refractivity contribution < 1.29 is 0 Å². The van der Waals surface area contributed by atoms with E-state index in [4.69, 9.17) is 0 Å². The van der Waals surface area contributed by atoms with Crippen LogP contribution in [0.4, 0.5) is 0 Å². The number of rotatable bonds is 5. The number of para-hydroxylation sites is 1. The highest BCUT2D eigenvalue weighted by molar-refractivity contribution is 6.22. The van der Waals surface area contributed by atoms with Gasteiger partial charge in [0.05, 0.1) is 11.0 Å². The van der Waals surface area contributed by atoms with E-state index in [-0.39, 0.29) is 0 Å². The molecule has 0 amide bonds. The third kappa shape index (κ3) is 5.16. The maximum atomic E-state index is 2.40. The zero-order valence-corrected chi connectivity index (χ0v) is 30.2. The third-order valence-electron chi connectivity index (χ3n) is 11.3. The predicted octanol–water partition coefficient (Wildman–Crippen LogP) is 14.9. The Morgan fingerprint density at radius 2 is 0.673 bits per heavy atom. The first kappa shape index (κ1) is 31.3. The summed E-state index contributed by atoms with van der Waals surface area (Å²) >= 11 is 0. The molecule has 0 aliphatic heterocycles. The molecule has 0 bridgehead atoms. The number of benzene rings is 10. The Bertz CT molecular complexity index is 3190. The van der Waals surface area contributed by atoms with Crippen LogP contribution in [0.5, 0.6) is 0 Å². The second kappa shape index (κ2) is 12.7. The van der Waals surface area contributed by atoms with Gasteiger partial charge in [-0.05, 0) is 125 Å². The highest BCUT2D eigenvalue weighted by atomic mass is 15.0. The molecule has 55 heavy (non-hydrogen) atoms. The van der Waals surface area contributed by atoms with Crippen molar-refractivity contribution in [1.29, 1.82) is 0 Å². The van der Waals surface area contributed by atoms with Crippen molar-refractivity contribution in [2.75, 3.05) is 0 Å². The van der Waals surface area contributed by atoms with Gasteiger partial charge in [0.1, 0.15) is 0 Å². The van der Waals surface area contributed by atoms with E-state index in [0.717, 1.165) is 5.69 Å². The lowest BCUT2D eigenvalue weighted by atomic mass is 9.85. The first-order valence-corrected chi connectivity index (χ1v) is 19.0. The highest BCUT2D eigenvalue weighted by Crippen LogP contribution is 2.45. The number of fused-ring (bicyclic) bond motifs is 6. The molecule has 1 aromatic heterocycles. The summed E-state index contributed by atoms with van der Waals surface area (Å²) in [6.45, 7) is 0. The zero-order valence-electron chi connectivity index (χ0n) is 30.2. The van der Waals surface area contributed by atoms with Crippen LogP contribution >= 0.6 is 0 Å². The Labute approximate surface area is 320 Å². The topological polar surface area (TPSA) is 4.93 Å². The summed E-state index contributed by atoms with van der Waals surface area (Å²) in [4.78, 5) is 0. The molecule has 0 spiro atoms. The second-order valence-corrected chi connectivity index (χ2v) is 14.5. The van der Waals surface area contributed by atoms with E-state index in [1.807, 2.05) is 0 Å². The van der Waals surface area contributed by atoms with Gasteiger partial charge in [-0.3, -0.25) is 0 Å². The van der Waals surface area contributed by atoms with Crippen LogP contribution in [-0.2, 0) is 0 Å². The lowest BCUT2D eigenvalue weighted by Gasteiger charge is -2.18. The minimum Gasteiger partial charge on any atom is -0.309 e. The summed E-state index contributed by atoms with van der Waals surface area (Å²) in [7, 11) is 0. The molecule has 10 aromatic carbocycles. The van der Waals surface area contributed by atoms with Crippen molar-refractivity contribution >= 4 is 54.1 Å². The third-order valence-corrected chi connectivity index (χ3v) is 11.3. The van der Waals surface area contributed by atoms with Gasteiger partial charge in [-0.1, -0.05) is 164 Å². The number of hydrogen-bond donors (Lipinski definition) is 0. The Morgan fingerprint density at radius 3 is 1.29 bits per heavy atom. The molecule has 0 fully saturated rings. The number of hydrogen-bond acceptors (Lipinski definition) is 0. The molecule has 1 heterocycles. The summed E-state index contributed by atoms with van der Waals surface area (Å²) in [6, 6.07) is 77.8.